The highest BCUT2D eigenvalue weighted by Crippen LogP contribution is 2.24. The summed E-state index contributed by atoms with van der Waals surface area (Å²) < 4.78 is 5.19. The number of nitrogens with one attached hydrogen (secondary N) is 1. The molecule has 0 atom stereocenters. The van der Waals surface area contributed by atoms with Gasteiger partial charge in [0, 0.05) is 10.7 Å². The molecule has 0 aliphatic carbocycles. The quantitative estimate of drug-likeness (QED) is 0.919. The molecule has 2 aromatic carbocycles. The van der Waals surface area contributed by atoms with E-state index in [9.17, 15) is 4.79 Å². The highest BCUT2D eigenvalue weighted by Gasteiger charge is 2.14. The van der Waals surface area contributed by atoms with Crippen molar-refractivity contribution in [1.82, 2.24) is 0 Å². The summed E-state index contributed by atoms with van der Waals surface area (Å²) in [4.78, 5) is 12.4. The van der Waals surface area contributed by atoms with Crippen molar-refractivity contribution in [1.29, 1.82) is 0 Å². The summed E-state index contributed by atoms with van der Waals surface area (Å²) in [7, 11) is 1.53. The van der Waals surface area contributed by atoms with E-state index in [0.29, 0.717) is 16.3 Å². The van der Waals surface area contributed by atoms with Crippen molar-refractivity contribution in [2.24, 2.45) is 0 Å². The van der Waals surface area contributed by atoms with Crippen LogP contribution >= 0.6 is 11.6 Å². The van der Waals surface area contributed by atoms with Crippen LogP contribution < -0.4 is 10.1 Å². The number of carbonyl (C=O) groups is 1. The molecule has 0 saturated carbocycles. The van der Waals surface area contributed by atoms with Crippen LogP contribution in [0.2, 0.25) is 5.02 Å². The predicted molar refractivity (Wildman–Crippen MR) is 81.9 cm³/mol. The van der Waals surface area contributed by atoms with Crippen LogP contribution in [0, 0.1) is 13.8 Å². The largest absolute Gasteiger partial charge is 0.496 e. The summed E-state index contributed by atoms with van der Waals surface area (Å²) in [6, 6.07) is 10.9. The Bertz CT molecular complexity index is 653. The highest BCUT2D eigenvalue weighted by molar-refractivity contribution is 6.31. The minimum atomic E-state index is -0.238. The van der Waals surface area contributed by atoms with Gasteiger partial charge in [-0.05, 0) is 49.2 Å². The second-order valence-electron chi connectivity index (χ2n) is 4.62. The third-order valence-electron chi connectivity index (χ3n) is 3.05. The number of methoxy groups -OCH3 is 1. The van der Waals surface area contributed by atoms with Crippen LogP contribution in [0.15, 0.2) is 36.4 Å². The van der Waals surface area contributed by atoms with Crippen molar-refractivity contribution < 1.29 is 9.53 Å². The lowest BCUT2D eigenvalue weighted by molar-refractivity contribution is 0.102. The molecule has 0 radical (unpaired) electrons. The average molecular weight is 290 g/mol. The lowest BCUT2D eigenvalue weighted by Gasteiger charge is -2.12. The summed E-state index contributed by atoms with van der Waals surface area (Å²) in [6.45, 7) is 3.93. The number of anilines is 1. The fraction of sp³-hybridized carbons (Fsp3) is 0.188. The standard InChI is InChI=1S/C16H16ClNO2/c1-10-4-5-11(2)14(8-10)18-16(19)13-9-12(17)6-7-15(13)20-3/h4-9H,1-3H3,(H,18,19). The van der Waals surface area contributed by atoms with Gasteiger partial charge in [-0.25, -0.2) is 0 Å². The molecule has 0 heterocycles. The molecule has 0 aliphatic rings. The molecule has 0 aliphatic heterocycles. The van der Waals surface area contributed by atoms with Crippen LogP contribution in [0.4, 0.5) is 5.69 Å². The molecule has 0 unspecified atom stereocenters. The van der Waals surface area contributed by atoms with Crippen LogP contribution in [0.25, 0.3) is 0 Å². The minimum Gasteiger partial charge on any atom is -0.496 e. The van der Waals surface area contributed by atoms with Crippen molar-refractivity contribution in [3.63, 3.8) is 0 Å². The first-order valence-electron chi connectivity index (χ1n) is 6.23. The van der Waals surface area contributed by atoms with E-state index in [4.69, 9.17) is 16.3 Å². The number of amides is 1. The first kappa shape index (κ1) is 14.4. The molecule has 0 fully saturated rings. The molecule has 4 heteroatoms. The molecule has 104 valence electrons. The van der Waals surface area contributed by atoms with E-state index >= 15 is 0 Å². The normalized spacial score (nSPS) is 10.2. The van der Waals surface area contributed by atoms with Gasteiger partial charge in [-0.1, -0.05) is 23.7 Å². The second-order valence-corrected chi connectivity index (χ2v) is 5.05. The van der Waals surface area contributed by atoms with E-state index in [-0.39, 0.29) is 5.91 Å². The number of benzene rings is 2. The Labute approximate surface area is 123 Å². The fourth-order valence-corrected chi connectivity index (χ4v) is 2.09. The molecule has 3 nitrogen and oxygen atoms in total. The minimum absolute atomic E-state index is 0.238. The zero-order valence-corrected chi connectivity index (χ0v) is 12.4. The SMILES string of the molecule is COc1ccc(Cl)cc1C(=O)Nc1cc(C)ccc1C. The second kappa shape index (κ2) is 5.97. The van der Waals surface area contributed by atoms with Gasteiger partial charge in [0.1, 0.15) is 5.75 Å². The smallest absolute Gasteiger partial charge is 0.259 e. The van der Waals surface area contributed by atoms with Crippen LogP contribution in [0.5, 0.6) is 5.75 Å². The Morgan fingerprint density at radius 3 is 2.60 bits per heavy atom. The summed E-state index contributed by atoms with van der Waals surface area (Å²) >= 11 is 5.94. The number of halogens is 1. The summed E-state index contributed by atoms with van der Waals surface area (Å²) in [6.07, 6.45) is 0. The summed E-state index contributed by atoms with van der Waals surface area (Å²) in [5, 5.41) is 3.39. The van der Waals surface area contributed by atoms with E-state index in [1.807, 2.05) is 32.0 Å². The number of ether oxygens (including phenoxy) is 1. The Morgan fingerprint density at radius 2 is 1.90 bits per heavy atom. The van der Waals surface area contributed by atoms with E-state index in [1.165, 1.54) is 7.11 Å². The first-order chi connectivity index (χ1) is 9.51. The molecule has 0 spiro atoms. The van der Waals surface area contributed by atoms with Gasteiger partial charge in [0.2, 0.25) is 0 Å². The van der Waals surface area contributed by atoms with E-state index < -0.39 is 0 Å². The molecule has 0 saturated heterocycles. The van der Waals surface area contributed by atoms with Crippen molar-refractivity contribution in [3.8, 4) is 5.75 Å². The third kappa shape index (κ3) is 3.11. The van der Waals surface area contributed by atoms with E-state index in [1.54, 1.807) is 18.2 Å². The summed E-state index contributed by atoms with van der Waals surface area (Å²) in [5.41, 5.74) is 3.30. The van der Waals surface area contributed by atoms with Crippen molar-refractivity contribution >= 4 is 23.2 Å². The van der Waals surface area contributed by atoms with Crippen LogP contribution in [0.3, 0.4) is 0 Å². The number of rotatable bonds is 3. The predicted octanol–water partition coefficient (Wildman–Crippen LogP) is 4.22. The van der Waals surface area contributed by atoms with Crippen molar-refractivity contribution in [3.05, 3.63) is 58.1 Å². The Morgan fingerprint density at radius 1 is 1.15 bits per heavy atom. The highest BCUT2D eigenvalue weighted by atomic mass is 35.5. The zero-order valence-electron chi connectivity index (χ0n) is 11.7. The van der Waals surface area contributed by atoms with E-state index in [0.717, 1.165) is 16.8 Å². The van der Waals surface area contributed by atoms with Gasteiger partial charge in [-0.3, -0.25) is 4.79 Å². The third-order valence-corrected chi connectivity index (χ3v) is 3.28. The van der Waals surface area contributed by atoms with Crippen molar-refractivity contribution in [2.45, 2.75) is 13.8 Å². The molecule has 2 rings (SSSR count). The number of aryl methyl sites for hydroxylation is 2. The summed E-state index contributed by atoms with van der Waals surface area (Å²) in [5.74, 6) is 0.259. The van der Waals surface area contributed by atoms with Crippen molar-refractivity contribution in [2.75, 3.05) is 12.4 Å². The van der Waals surface area contributed by atoms with Gasteiger partial charge < -0.3 is 10.1 Å². The fourth-order valence-electron chi connectivity index (χ4n) is 1.92. The number of hydrogen-bond donors (Lipinski definition) is 1. The Balaban J connectivity index is 2.32. The maximum atomic E-state index is 12.4. The zero-order chi connectivity index (χ0) is 14.7. The van der Waals surface area contributed by atoms with Crippen LogP contribution in [-0.2, 0) is 0 Å². The maximum Gasteiger partial charge on any atom is 0.259 e. The van der Waals surface area contributed by atoms with Gasteiger partial charge in [-0.15, -0.1) is 0 Å². The van der Waals surface area contributed by atoms with Gasteiger partial charge in [-0.2, -0.15) is 0 Å². The lowest BCUT2D eigenvalue weighted by Crippen LogP contribution is -2.14. The molecule has 20 heavy (non-hydrogen) atoms. The molecule has 0 bridgehead atoms. The van der Waals surface area contributed by atoms with Gasteiger partial charge in [0.15, 0.2) is 0 Å². The van der Waals surface area contributed by atoms with Gasteiger partial charge >= 0.3 is 0 Å². The molecule has 0 aromatic heterocycles. The number of hydrogen-bond acceptors (Lipinski definition) is 2. The average Bonchev–Trinajstić information content (AvgIpc) is 2.42. The van der Waals surface area contributed by atoms with Crippen LogP contribution in [-0.4, -0.2) is 13.0 Å². The Hall–Kier alpha value is -2.00. The molecular weight excluding hydrogens is 274 g/mol. The molecule has 1 amide bonds. The topological polar surface area (TPSA) is 38.3 Å². The lowest BCUT2D eigenvalue weighted by atomic mass is 10.1. The monoisotopic (exact) mass is 289 g/mol. The Kier molecular flexibility index (Phi) is 4.30. The molecule has 2 aromatic rings. The van der Waals surface area contributed by atoms with E-state index in [2.05, 4.69) is 5.32 Å². The molecular formula is C16H16ClNO2. The van der Waals surface area contributed by atoms with Gasteiger partial charge in [0.25, 0.3) is 5.91 Å². The first-order valence-corrected chi connectivity index (χ1v) is 6.61. The number of carbonyl (C=O) groups excluding carboxylic acids is 1. The van der Waals surface area contributed by atoms with Gasteiger partial charge in [0.05, 0.1) is 12.7 Å². The molecule has 1 N–H and O–H groups in total. The maximum absolute atomic E-state index is 12.4. The van der Waals surface area contributed by atoms with Crippen LogP contribution in [0.1, 0.15) is 21.5 Å².